The number of likely N-dealkylation sites (tertiary alicyclic amines) is 1. The topological polar surface area (TPSA) is 44.8 Å². The highest BCUT2D eigenvalue weighted by atomic mass is 16.5. The number of aryl methyl sites for hydroxylation is 1. The summed E-state index contributed by atoms with van der Waals surface area (Å²) in [5.74, 6) is 1.25. The minimum atomic E-state index is 0.0307. The van der Waals surface area contributed by atoms with Crippen molar-refractivity contribution in [2.75, 3.05) is 49.6 Å². The van der Waals surface area contributed by atoms with Crippen molar-refractivity contribution in [3.05, 3.63) is 23.8 Å². The van der Waals surface area contributed by atoms with Crippen molar-refractivity contribution < 1.29 is 9.53 Å². The van der Waals surface area contributed by atoms with E-state index in [1.165, 1.54) is 6.42 Å². The molecule has 1 N–H and O–H groups in total. The van der Waals surface area contributed by atoms with E-state index in [1.54, 1.807) is 0 Å². The number of amides is 2. The number of nitrogens with zero attached hydrogens (tertiary/aromatic N) is 2. The van der Waals surface area contributed by atoms with Gasteiger partial charge >= 0.3 is 6.03 Å². The van der Waals surface area contributed by atoms with Crippen LogP contribution in [0.5, 0.6) is 0 Å². The second-order valence-electron chi connectivity index (χ2n) is 7.71. The van der Waals surface area contributed by atoms with Gasteiger partial charge in [-0.3, -0.25) is 0 Å². The molecule has 138 valence electrons. The van der Waals surface area contributed by atoms with Gasteiger partial charge in [0.1, 0.15) is 0 Å². The lowest BCUT2D eigenvalue weighted by molar-refractivity contribution is 0.122. The zero-order chi connectivity index (χ0) is 17.8. The van der Waals surface area contributed by atoms with Gasteiger partial charge in [0.15, 0.2) is 0 Å². The quantitative estimate of drug-likeness (QED) is 0.888. The van der Waals surface area contributed by atoms with Crippen molar-refractivity contribution in [3.8, 4) is 0 Å². The van der Waals surface area contributed by atoms with Crippen molar-refractivity contribution in [1.82, 2.24) is 4.90 Å². The maximum Gasteiger partial charge on any atom is 0.321 e. The third-order valence-corrected chi connectivity index (χ3v) is 5.35. The van der Waals surface area contributed by atoms with Crippen molar-refractivity contribution in [2.24, 2.45) is 11.8 Å². The summed E-state index contributed by atoms with van der Waals surface area (Å²) in [6.45, 7) is 11.6. The third-order valence-electron chi connectivity index (χ3n) is 5.35. The SMILES string of the molecule is Cc1ccc(N2CCOCC2)cc1NC(=O)N1CC[C@@H](C)C[C@@H](C)C1. The van der Waals surface area contributed by atoms with Gasteiger partial charge in [-0.2, -0.15) is 0 Å². The van der Waals surface area contributed by atoms with Crippen LogP contribution < -0.4 is 10.2 Å². The molecule has 2 saturated heterocycles. The molecule has 2 fully saturated rings. The number of anilines is 2. The fourth-order valence-electron chi connectivity index (χ4n) is 3.86. The zero-order valence-corrected chi connectivity index (χ0v) is 15.8. The standard InChI is InChI=1S/C20H31N3O2/c1-15-6-7-23(14-16(2)12-15)20(24)21-19-13-18(5-4-17(19)3)22-8-10-25-11-9-22/h4-5,13,15-16H,6-12,14H2,1-3H3,(H,21,24)/t15-,16-/m1/s1. The molecule has 2 atom stereocenters. The van der Waals surface area contributed by atoms with Crippen LogP contribution >= 0.6 is 0 Å². The molecule has 0 bridgehead atoms. The van der Waals surface area contributed by atoms with E-state index in [9.17, 15) is 4.79 Å². The van der Waals surface area contributed by atoms with Crippen LogP contribution in [0.4, 0.5) is 16.2 Å². The normalized spacial score (nSPS) is 24.8. The van der Waals surface area contributed by atoms with Crippen LogP contribution in [-0.4, -0.2) is 50.3 Å². The predicted octanol–water partition coefficient (Wildman–Crippen LogP) is 3.73. The summed E-state index contributed by atoms with van der Waals surface area (Å²) in [4.78, 5) is 17.1. The number of hydrogen-bond acceptors (Lipinski definition) is 3. The van der Waals surface area contributed by atoms with Crippen LogP contribution in [0.3, 0.4) is 0 Å². The second-order valence-corrected chi connectivity index (χ2v) is 7.71. The highest BCUT2D eigenvalue weighted by molar-refractivity contribution is 5.91. The molecule has 0 aliphatic carbocycles. The van der Waals surface area contributed by atoms with Crippen molar-refractivity contribution in [1.29, 1.82) is 0 Å². The van der Waals surface area contributed by atoms with Gasteiger partial charge in [0, 0.05) is 37.6 Å². The minimum Gasteiger partial charge on any atom is -0.378 e. The molecule has 2 aliphatic heterocycles. The molecule has 25 heavy (non-hydrogen) atoms. The largest absolute Gasteiger partial charge is 0.378 e. The highest BCUT2D eigenvalue weighted by Crippen LogP contribution is 2.26. The number of urea groups is 1. The van der Waals surface area contributed by atoms with Crippen LogP contribution in [0.1, 0.15) is 32.3 Å². The molecule has 5 nitrogen and oxygen atoms in total. The Labute approximate surface area is 151 Å². The van der Waals surface area contributed by atoms with Gasteiger partial charge in [0.25, 0.3) is 0 Å². The van der Waals surface area contributed by atoms with E-state index in [2.05, 4.69) is 42.3 Å². The number of nitrogens with one attached hydrogen (secondary N) is 1. The Balaban J connectivity index is 1.69. The van der Waals surface area contributed by atoms with E-state index in [-0.39, 0.29) is 6.03 Å². The average Bonchev–Trinajstić information content (AvgIpc) is 2.78. The summed E-state index contributed by atoms with van der Waals surface area (Å²) in [6.07, 6.45) is 2.29. The van der Waals surface area contributed by atoms with Crippen molar-refractivity contribution >= 4 is 17.4 Å². The lowest BCUT2D eigenvalue weighted by atomic mass is 9.97. The smallest absolute Gasteiger partial charge is 0.321 e. The summed E-state index contributed by atoms with van der Waals surface area (Å²) in [5, 5.41) is 3.15. The Morgan fingerprint density at radius 3 is 2.68 bits per heavy atom. The molecule has 2 heterocycles. The van der Waals surface area contributed by atoms with E-state index >= 15 is 0 Å². The average molecular weight is 345 g/mol. The predicted molar refractivity (Wildman–Crippen MR) is 102 cm³/mol. The molecule has 0 unspecified atom stereocenters. The fourth-order valence-corrected chi connectivity index (χ4v) is 3.86. The van der Waals surface area contributed by atoms with Gasteiger partial charge in [0.2, 0.25) is 0 Å². The maximum absolute atomic E-state index is 12.8. The molecule has 0 spiro atoms. The van der Waals surface area contributed by atoms with E-state index in [1.807, 2.05) is 11.8 Å². The lowest BCUT2D eigenvalue weighted by Crippen LogP contribution is -2.38. The number of carbonyl (C=O) groups is 1. The maximum atomic E-state index is 12.8. The summed E-state index contributed by atoms with van der Waals surface area (Å²) in [6, 6.07) is 6.35. The molecule has 2 amide bonds. The molecule has 1 aromatic rings. The van der Waals surface area contributed by atoms with Crippen LogP contribution in [-0.2, 0) is 4.74 Å². The number of benzene rings is 1. The van der Waals surface area contributed by atoms with Crippen LogP contribution in [0.25, 0.3) is 0 Å². The zero-order valence-electron chi connectivity index (χ0n) is 15.8. The molecule has 0 radical (unpaired) electrons. The van der Waals surface area contributed by atoms with Gasteiger partial charge < -0.3 is 19.9 Å². The Morgan fingerprint density at radius 2 is 1.92 bits per heavy atom. The molecule has 2 aliphatic rings. The lowest BCUT2D eigenvalue weighted by Gasteiger charge is -2.30. The van der Waals surface area contributed by atoms with Crippen LogP contribution in [0.2, 0.25) is 0 Å². The molecule has 0 saturated carbocycles. The van der Waals surface area contributed by atoms with Gasteiger partial charge in [0.05, 0.1) is 13.2 Å². The number of ether oxygens (including phenoxy) is 1. The number of rotatable bonds is 2. The van der Waals surface area contributed by atoms with Gasteiger partial charge in [-0.1, -0.05) is 19.9 Å². The van der Waals surface area contributed by atoms with E-state index in [0.29, 0.717) is 11.8 Å². The Hall–Kier alpha value is -1.75. The summed E-state index contributed by atoms with van der Waals surface area (Å²) in [7, 11) is 0. The van der Waals surface area contributed by atoms with Crippen molar-refractivity contribution in [2.45, 2.75) is 33.6 Å². The number of carbonyl (C=O) groups excluding carboxylic acids is 1. The minimum absolute atomic E-state index is 0.0307. The summed E-state index contributed by atoms with van der Waals surface area (Å²) >= 11 is 0. The third kappa shape index (κ3) is 4.66. The molecule has 3 rings (SSSR count). The summed E-state index contributed by atoms with van der Waals surface area (Å²) in [5.41, 5.74) is 3.17. The van der Waals surface area contributed by atoms with E-state index in [0.717, 1.165) is 62.8 Å². The van der Waals surface area contributed by atoms with Crippen LogP contribution in [0.15, 0.2) is 18.2 Å². The first-order valence-corrected chi connectivity index (χ1v) is 9.52. The molecule has 1 aromatic carbocycles. The molecule has 0 aromatic heterocycles. The van der Waals surface area contributed by atoms with E-state index < -0.39 is 0 Å². The molecule has 5 heteroatoms. The highest BCUT2D eigenvalue weighted by Gasteiger charge is 2.23. The number of morpholine rings is 1. The van der Waals surface area contributed by atoms with Crippen molar-refractivity contribution in [3.63, 3.8) is 0 Å². The summed E-state index contributed by atoms with van der Waals surface area (Å²) < 4.78 is 5.43. The Bertz CT molecular complexity index is 599. The Kier molecular flexibility index (Phi) is 5.84. The molecular weight excluding hydrogens is 314 g/mol. The first-order chi connectivity index (χ1) is 12.0. The van der Waals surface area contributed by atoms with E-state index in [4.69, 9.17) is 4.74 Å². The Morgan fingerprint density at radius 1 is 1.16 bits per heavy atom. The van der Waals surface area contributed by atoms with Gasteiger partial charge in [-0.05, 0) is 49.3 Å². The second kappa shape index (κ2) is 8.09. The fraction of sp³-hybridized carbons (Fsp3) is 0.650. The number of hydrogen-bond donors (Lipinski definition) is 1. The monoisotopic (exact) mass is 345 g/mol. The van der Waals surface area contributed by atoms with Gasteiger partial charge in [-0.25, -0.2) is 4.79 Å². The molecular formula is C20H31N3O2. The first kappa shape index (κ1) is 18.1. The van der Waals surface area contributed by atoms with Crippen LogP contribution in [0, 0.1) is 18.8 Å². The first-order valence-electron chi connectivity index (χ1n) is 9.52. The van der Waals surface area contributed by atoms with Gasteiger partial charge in [-0.15, -0.1) is 0 Å².